The Morgan fingerprint density at radius 1 is 1.41 bits per heavy atom. The van der Waals surface area contributed by atoms with Crippen LogP contribution in [0.15, 0.2) is 18.5 Å². The number of aromatic nitrogens is 3. The monoisotopic (exact) mass is 248 g/mol. The smallest absolute Gasteiger partial charge is 0.145 e. The summed E-state index contributed by atoms with van der Waals surface area (Å²) < 4.78 is 2.08. The van der Waals surface area contributed by atoms with E-state index >= 15 is 0 Å². The number of hydrogen-bond donors (Lipinski definition) is 1. The number of hydrogen-bond acceptors (Lipinski definition) is 3. The van der Waals surface area contributed by atoms with Gasteiger partial charge < -0.3 is 9.88 Å². The number of nitrogens with one attached hydrogen (secondary N) is 1. The zero-order chi connectivity index (χ0) is 11.8. The molecular formula is C12H13ClN4. The molecule has 0 fully saturated rings. The van der Waals surface area contributed by atoms with Gasteiger partial charge in [0.25, 0.3) is 0 Å². The predicted molar refractivity (Wildman–Crippen MR) is 69.0 cm³/mol. The molecular weight excluding hydrogens is 236 g/mol. The zero-order valence-corrected chi connectivity index (χ0v) is 10.3. The van der Waals surface area contributed by atoms with Gasteiger partial charge in [-0.15, -0.1) is 0 Å². The molecule has 0 unspecified atom stereocenters. The van der Waals surface area contributed by atoms with Crippen molar-refractivity contribution in [2.75, 3.05) is 13.1 Å². The highest BCUT2D eigenvalue weighted by atomic mass is 35.5. The lowest BCUT2D eigenvalue weighted by Crippen LogP contribution is -2.20. The molecule has 0 aromatic carbocycles. The molecule has 0 radical (unpaired) electrons. The Morgan fingerprint density at radius 3 is 3.00 bits per heavy atom. The fourth-order valence-corrected chi connectivity index (χ4v) is 2.45. The van der Waals surface area contributed by atoms with Crippen LogP contribution in [0.2, 0.25) is 5.15 Å². The highest BCUT2D eigenvalue weighted by Crippen LogP contribution is 2.28. The molecule has 17 heavy (non-hydrogen) atoms. The van der Waals surface area contributed by atoms with Gasteiger partial charge in [0.1, 0.15) is 17.1 Å². The third kappa shape index (κ3) is 1.73. The van der Waals surface area contributed by atoms with E-state index in [0.29, 0.717) is 5.15 Å². The molecule has 3 rings (SSSR count). The lowest BCUT2D eigenvalue weighted by atomic mass is 10.1. The summed E-state index contributed by atoms with van der Waals surface area (Å²) in [7, 11) is 2.02. The Morgan fingerprint density at radius 2 is 2.29 bits per heavy atom. The van der Waals surface area contributed by atoms with E-state index in [1.165, 1.54) is 17.6 Å². The van der Waals surface area contributed by atoms with Crippen molar-refractivity contribution in [2.24, 2.45) is 7.05 Å². The van der Waals surface area contributed by atoms with Crippen LogP contribution in [0, 0.1) is 0 Å². The molecule has 5 heteroatoms. The van der Waals surface area contributed by atoms with Crippen LogP contribution >= 0.6 is 11.6 Å². The molecule has 0 atom stereocenters. The molecule has 4 nitrogen and oxygen atoms in total. The van der Waals surface area contributed by atoms with E-state index in [2.05, 4.69) is 32.0 Å². The van der Waals surface area contributed by atoms with Crippen LogP contribution in [0.3, 0.4) is 0 Å². The summed E-state index contributed by atoms with van der Waals surface area (Å²) in [5, 5.41) is 4.75. The van der Waals surface area contributed by atoms with Crippen molar-refractivity contribution in [1.29, 1.82) is 0 Å². The number of aryl methyl sites for hydroxylation is 1. The molecule has 2 aromatic heterocycles. The summed E-state index contributed by atoms with van der Waals surface area (Å²) >= 11 is 6.09. The summed E-state index contributed by atoms with van der Waals surface area (Å²) in [6, 6.07) is 2.08. The molecule has 2 aromatic rings. The first-order valence-corrected chi connectivity index (χ1v) is 6.01. The van der Waals surface area contributed by atoms with Gasteiger partial charge >= 0.3 is 0 Å². The van der Waals surface area contributed by atoms with E-state index in [9.17, 15) is 0 Å². The van der Waals surface area contributed by atoms with Crippen molar-refractivity contribution in [3.63, 3.8) is 0 Å². The van der Waals surface area contributed by atoms with Gasteiger partial charge in [-0.2, -0.15) is 0 Å². The first kappa shape index (κ1) is 10.7. The molecule has 0 spiro atoms. The van der Waals surface area contributed by atoms with Crippen molar-refractivity contribution in [2.45, 2.75) is 6.42 Å². The second-order valence-corrected chi connectivity index (χ2v) is 4.53. The molecule has 1 N–H and O–H groups in total. The quantitative estimate of drug-likeness (QED) is 0.785. The number of fused-ring (bicyclic) bond motifs is 1. The van der Waals surface area contributed by atoms with Crippen LogP contribution in [0.25, 0.3) is 16.6 Å². The summed E-state index contributed by atoms with van der Waals surface area (Å²) in [5.41, 5.74) is 3.42. The first-order valence-electron chi connectivity index (χ1n) is 5.63. The fraction of sp³-hybridized carbons (Fsp3) is 0.333. The highest BCUT2D eigenvalue weighted by molar-refractivity contribution is 6.34. The standard InChI is InChI=1S/C12H13ClN4/c1-17-10(8-2-4-14-5-3-8)6-9-11(13)15-7-16-12(9)17/h2,6-7,14H,3-5H2,1H3. The van der Waals surface area contributed by atoms with Crippen LogP contribution in [-0.4, -0.2) is 27.6 Å². The van der Waals surface area contributed by atoms with Gasteiger partial charge in [0, 0.05) is 19.3 Å². The molecule has 1 aliphatic rings. The predicted octanol–water partition coefficient (Wildman–Crippen LogP) is 2.00. The zero-order valence-electron chi connectivity index (χ0n) is 9.57. The first-order chi connectivity index (χ1) is 8.27. The van der Waals surface area contributed by atoms with Crippen LogP contribution < -0.4 is 5.32 Å². The van der Waals surface area contributed by atoms with Crippen LogP contribution in [0.4, 0.5) is 0 Å². The van der Waals surface area contributed by atoms with Crippen LogP contribution in [0.5, 0.6) is 0 Å². The molecule has 0 bridgehead atoms. The van der Waals surface area contributed by atoms with Gasteiger partial charge in [-0.1, -0.05) is 17.7 Å². The highest BCUT2D eigenvalue weighted by Gasteiger charge is 2.14. The van der Waals surface area contributed by atoms with E-state index in [1.807, 2.05) is 7.05 Å². The van der Waals surface area contributed by atoms with Gasteiger partial charge in [0.15, 0.2) is 0 Å². The third-order valence-corrected chi connectivity index (χ3v) is 3.47. The van der Waals surface area contributed by atoms with E-state index in [1.54, 1.807) is 0 Å². The largest absolute Gasteiger partial charge is 0.329 e. The lowest BCUT2D eigenvalue weighted by Gasteiger charge is -2.14. The van der Waals surface area contributed by atoms with Crippen molar-refractivity contribution in [3.05, 3.63) is 29.3 Å². The van der Waals surface area contributed by atoms with Crippen molar-refractivity contribution in [1.82, 2.24) is 19.9 Å². The number of nitrogens with zero attached hydrogens (tertiary/aromatic N) is 3. The topological polar surface area (TPSA) is 42.7 Å². The molecule has 0 saturated heterocycles. The minimum atomic E-state index is 0.520. The second kappa shape index (κ2) is 4.13. The van der Waals surface area contributed by atoms with Gasteiger partial charge in [-0.05, 0) is 24.6 Å². The Hall–Kier alpha value is -1.39. The lowest BCUT2D eigenvalue weighted by molar-refractivity contribution is 0.733. The summed E-state index contributed by atoms with van der Waals surface area (Å²) in [4.78, 5) is 8.30. The second-order valence-electron chi connectivity index (χ2n) is 4.17. The Kier molecular flexibility index (Phi) is 2.61. The van der Waals surface area contributed by atoms with E-state index < -0.39 is 0 Å². The Balaban J connectivity index is 2.20. The Labute approximate surface area is 104 Å². The van der Waals surface area contributed by atoms with Gasteiger partial charge in [-0.25, -0.2) is 9.97 Å². The van der Waals surface area contributed by atoms with Crippen molar-refractivity contribution < 1.29 is 0 Å². The molecule has 0 amide bonds. The van der Waals surface area contributed by atoms with E-state index in [-0.39, 0.29) is 0 Å². The van der Waals surface area contributed by atoms with E-state index in [4.69, 9.17) is 11.6 Å². The molecule has 0 saturated carbocycles. The van der Waals surface area contributed by atoms with Gasteiger partial charge in [0.2, 0.25) is 0 Å². The SMILES string of the molecule is Cn1c(C2=CCNCC2)cc2c(Cl)ncnc21. The molecule has 0 aliphatic carbocycles. The summed E-state index contributed by atoms with van der Waals surface area (Å²) in [6.07, 6.45) is 4.76. The maximum atomic E-state index is 6.09. The third-order valence-electron chi connectivity index (χ3n) is 3.17. The van der Waals surface area contributed by atoms with Crippen molar-refractivity contribution >= 4 is 28.2 Å². The van der Waals surface area contributed by atoms with Crippen molar-refractivity contribution in [3.8, 4) is 0 Å². The van der Waals surface area contributed by atoms with E-state index in [0.717, 1.165) is 30.5 Å². The average molecular weight is 249 g/mol. The normalized spacial score (nSPS) is 16.2. The van der Waals surface area contributed by atoms with Gasteiger partial charge in [-0.3, -0.25) is 0 Å². The Bertz CT molecular complexity index is 600. The molecule has 88 valence electrons. The fourth-order valence-electron chi connectivity index (χ4n) is 2.27. The van der Waals surface area contributed by atoms with Crippen LogP contribution in [-0.2, 0) is 7.05 Å². The number of halogens is 1. The maximum Gasteiger partial charge on any atom is 0.145 e. The number of rotatable bonds is 1. The molecule has 3 heterocycles. The maximum absolute atomic E-state index is 6.09. The van der Waals surface area contributed by atoms with Crippen LogP contribution in [0.1, 0.15) is 12.1 Å². The molecule has 1 aliphatic heterocycles. The summed E-state index contributed by atoms with van der Waals surface area (Å²) in [5.74, 6) is 0. The minimum absolute atomic E-state index is 0.520. The summed E-state index contributed by atoms with van der Waals surface area (Å²) in [6.45, 7) is 1.95. The average Bonchev–Trinajstić information content (AvgIpc) is 2.70. The van der Waals surface area contributed by atoms with Gasteiger partial charge in [0.05, 0.1) is 5.39 Å². The minimum Gasteiger partial charge on any atom is -0.329 e.